The molecule has 1 aromatic rings. The van der Waals surface area contributed by atoms with E-state index in [4.69, 9.17) is 0 Å². The van der Waals surface area contributed by atoms with Gasteiger partial charge < -0.3 is 5.32 Å². The van der Waals surface area contributed by atoms with E-state index in [9.17, 15) is 4.79 Å². The number of carbonyl (C=O) groups is 1. The standard InChI is InChI=1S/C11H13N3O/c1-2-12-11-13-9(10(15)14-11)8-6-4-3-5-7-8/h3-7,9H,2H2,1H3,(H2,12,13,14,15). The normalized spacial score (nSPS) is 22.6. The van der Waals surface area contributed by atoms with Gasteiger partial charge in [0.1, 0.15) is 6.04 Å². The largest absolute Gasteiger partial charge is 0.340 e. The molecule has 1 amide bonds. The highest BCUT2D eigenvalue weighted by Crippen LogP contribution is 2.15. The van der Waals surface area contributed by atoms with Crippen molar-refractivity contribution in [3.05, 3.63) is 35.9 Å². The van der Waals surface area contributed by atoms with E-state index in [-0.39, 0.29) is 11.9 Å². The van der Waals surface area contributed by atoms with E-state index < -0.39 is 0 Å². The summed E-state index contributed by atoms with van der Waals surface area (Å²) in [4.78, 5) is 15.7. The maximum Gasteiger partial charge on any atom is 0.253 e. The smallest absolute Gasteiger partial charge is 0.253 e. The van der Waals surface area contributed by atoms with E-state index in [0.29, 0.717) is 12.5 Å². The summed E-state index contributed by atoms with van der Waals surface area (Å²) in [5.74, 6) is 0.518. The second-order valence-corrected chi connectivity index (χ2v) is 3.30. The first-order valence-corrected chi connectivity index (χ1v) is 4.98. The summed E-state index contributed by atoms with van der Waals surface area (Å²) in [6.07, 6.45) is 0. The topological polar surface area (TPSA) is 53.5 Å². The fourth-order valence-corrected chi connectivity index (χ4v) is 1.55. The third kappa shape index (κ3) is 1.98. The molecule has 1 saturated heterocycles. The van der Waals surface area contributed by atoms with Crippen LogP contribution in [0.2, 0.25) is 0 Å². The highest BCUT2D eigenvalue weighted by molar-refractivity contribution is 6.06. The highest BCUT2D eigenvalue weighted by atomic mass is 16.2. The Morgan fingerprint density at radius 1 is 1.33 bits per heavy atom. The Balaban J connectivity index is 2.19. The third-order valence-electron chi connectivity index (χ3n) is 2.23. The van der Waals surface area contributed by atoms with E-state index in [1.54, 1.807) is 0 Å². The molecular weight excluding hydrogens is 190 g/mol. The van der Waals surface area contributed by atoms with Gasteiger partial charge in [-0.3, -0.25) is 15.1 Å². The van der Waals surface area contributed by atoms with Gasteiger partial charge >= 0.3 is 0 Å². The molecule has 4 nitrogen and oxygen atoms in total. The van der Waals surface area contributed by atoms with Crippen LogP contribution < -0.4 is 10.6 Å². The van der Waals surface area contributed by atoms with Gasteiger partial charge in [-0.05, 0) is 12.5 Å². The molecule has 1 aromatic carbocycles. The summed E-state index contributed by atoms with van der Waals surface area (Å²) in [6, 6.07) is 9.30. The molecule has 0 radical (unpaired) electrons. The molecule has 2 rings (SSSR count). The number of carbonyl (C=O) groups excluding carboxylic acids is 1. The Kier molecular flexibility index (Phi) is 2.67. The molecule has 1 fully saturated rings. The number of hydrogen-bond acceptors (Lipinski definition) is 2. The van der Waals surface area contributed by atoms with Crippen LogP contribution in [-0.4, -0.2) is 18.4 Å². The predicted octanol–water partition coefficient (Wildman–Crippen LogP) is 0.823. The maximum atomic E-state index is 11.6. The number of hydrogen-bond donors (Lipinski definition) is 2. The molecule has 2 N–H and O–H groups in total. The summed E-state index contributed by atoms with van der Waals surface area (Å²) >= 11 is 0. The van der Waals surface area contributed by atoms with Gasteiger partial charge in [-0.2, -0.15) is 0 Å². The lowest BCUT2D eigenvalue weighted by Crippen LogP contribution is -2.25. The van der Waals surface area contributed by atoms with E-state index in [2.05, 4.69) is 15.6 Å². The molecular formula is C11H13N3O. The minimum atomic E-state index is -0.309. The van der Waals surface area contributed by atoms with Crippen molar-refractivity contribution in [3.63, 3.8) is 0 Å². The summed E-state index contributed by atoms with van der Waals surface area (Å²) in [5, 5.41) is 5.75. The van der Waals surface area contributed by atoms with Crippen LogP contribution in [0.5, 0.6) is 0 Å². The molecule has 1 aliphatic rings. The lowest BCUT2D eigenvalue weighted by molar-refractivity contribution is -0.120. The van der Waals surface area contributed by atoms with E-state index in [1.165, 1.54) is 0 Å². The van der Waals surface area contributed by atoms with Crippen molar-refractivity contribution in [1.29, 1.82) is 0 Å². The summed E-state index contributed by atoms with van der Waals surface area (Å²) in [6.45, 7) is 2.58. The Hall–Kier alpha value is -1.84. The molecule has 4 heteroatoms. The van der Waals surface area contributed by atoms with Gasteiger partial charge in [0, 0.05) is 6.54 Å². The van der Waals surface area contributed by atoms with E-state index in [0.717, 1.165) is 5.56 Å². The Labute approximate surface area is 88.4 Å². The number of aliphatic imine (C=N–C) groups is 1. The SMILES string of the molecule is CCN=C1NC(=O)C(c2ccccc2)N1. The van der Waals surface area contributed by atoms with Crippen molar-refractivity contribution in [2.24, 2.45) is 4.99 Å². The molecule has 1 atom stereocenters. The van der Waals surface area contributed by atoms with Crippen LogP contribution in [0.25, 0.3) is 0 Å². The van der Waals surface area contributed by atoms with Gasteiger partial charge in [-0.1, -0.05) is 30.3 Å². The summed E-state index contributed by atoms with van der Waals surface area (Å²) in [7, 11) is 0. The lowest BCUT2D eigenvalue weighted by Gasteiger charge is -2.06. The van der Waals surface area contributed by atoms with Crippen LogP contribution in [0.1, 0.15) is 18.5 Å². The second-order valence-electron chi connectivity index (χ2n) is 3.30. The average Bonchev–Trinajstić information content (AvgIpc) is 2.61. The van der Waals surface area contributed by atoms with Crippen LogP contribution in [0.3, 0.4) is 0 Å². The zero-order valence-electron chi connectivity index (χ0n) is 8.53. The minimum absolute atomic E-state index is 0.0478. The second kappa shape index (κ2) is 4.13. The van der Waals surface area contributed by atoms with Gasteiger partial charge in [0.25, 0.3) is 5.91 Å². The molecule has 0 aliphatic carbocycles. The first-order chi connectivity index (χ1) is 7.31. The number of rotatable bonds is 2. The fourth-order valence-electron chi connectivity index (χ4n) is 1.55. The van der Waals surface area contributed by atoms with Gasteiger partial charge in [0.15, 0.2) is 5.96 Å². The maximum absolute atomic E-state index is 11.6. The Morgan fingerprint density at radius 2 is 2.07 bits per heavy atom. The van der Waals surface area contributed by atoms with Crippen molar-refractivity contribution in [2.75, 3.05) is 6.54 Å². The van der Waals surface area contributed by atoms with Crippen molar-refractivity contribution >= 4 is 11.9 Å². The zero-order valence-corrected chi connectivity index (χ0v) is 8.53. The highest BCUT2D eigenvalue weighted by Gasteiger charge is 2.28. The minimum Gasteiger partial charge on any atom is -0.340 e. The number of nitrogens with zero attached hydrogens (tertiary/aromatic N) is 1. The molecule has 78 valence electrons. The molecule has 1 aliphatic heterocycles. The Bertz CT molecular complexity index is 386. The van der Waals surface area contributed by atoms with Crippen molar-refractivity contribution < 1.29 is 4.79 Å². The zero-order chi connectivity index (χ0) is 10.7. The van der Waals surface area contributed by atoms with Crippen LogP contribution >= 0.6 is 0 Å². The Morgan fingerprint density at radius 3 is 2.73 bits per heavy atom. The first kappa shape index (κ1) is 9.71. The summed E-state index contributed by atoms with van der Waals surface area (Å²) < 4.78 is 0. The van der Waals surface area contributed by atoms with Gasteiger partial charge in [-0.25, -0.2) is 0 Å². The summed E-state index contributed by atoms with van der Waals surface area (Å²) in [5.41, 5.74) is 0.955. The first-order valence-electron chi connectivity index (χ1n) is 4.98. The molecule has 0 saturated carbocycles. The van der Waals surface area contributed by atoms with Crippen molar-refractivity contribution in [1.82, 2.24) is 10.6 Å². The van der Waals surface area contributed by atoms with Crippen molar-refractivity contribution in [3.8, 4) is 0 Å². The van der Waals surface area contributed by atoms with Gasteiger partial charge in [0.2, 0.25) is 0 Å². The number of nitrogens with one attached hydrogen (secondary N) is 2. The average molecular weight is 203 g/mol. The molecule has 1 heterocycles. The van der Waals surface area contributed by atoms with Crippen LogP contribution in [0, 0.1) is 0 Å². The predicted molar refractivity (Wildman–Crippen MR) is 58.4 cm³/mol. The molecule has 1 unspecified atom stereocenters. The quantitative estimate of drug-likeness (QED) is 0.747. The lowest BCUT2D eigenvalue weighted by atomic mass is 10.1. The molecule has 0 bridgehead atoms. The molecule has 0 aromatic heterocycles. The monoisotopic (exact) mass is 203 g/mol. The van der Waals surface area contributed by atoms with E-state index >= 15 is 0 Å². The number of guanidine groups is 1. The van der Waals surface area contributed by atoms with Gasteiger partial charge in [0.05, 0.1) is 0 Å². The number of benzene rings is 1. The van der Waals surface area contributed by atoms with Crippen molar-refractivity contribution in [2.45, 2.75) is 13.0 Å². The van der Waals surface area contributed by atoms with Crippen LogP contribution in [-0.2, 0) is 4.79 Å². The number of amides is 1. The fraction of sp³-hybridized carbons (Fsp3) is 0.273. The molecule has 15 heavy (non-hydrogen) atoms. The third-order valence-corrected chi connectivity index (χ3v) is 2.23. The van der Waals surface area contributed by atoms with Gasteiger partial charge in [-0.15, -0.1) is 0 Å². The molecule has 0 spiro atoms. The van der Waals surface area contributed by atoms with Crippen LogP contribution in [0.4, 0.5) is 0 Å². The van der Waals surface area contributed by atoms with Crippen LogP contribution in [0.15, 0.2) is 35.3 Å². The van der Waals surface area contributed by atoms with E-state index in [1.807, 2.05) is 37.3 Å².